The second-order valence-electron chi connectivity index (χ2n) is 6.97. The quantitative estimate of drug-likeness (QED) is 0.709. The Morgan fingerprint density at radius 3 is 2.16 bits per heavy atom. The zero-order chi connectivity index (χ0) is 13.4. The molecule has 0 unspecified atom stereocenters. The van der Waals surface area contributed by atoms with Crippen molar-refractivity contribution in [3.05, 3.63) is 35.4 Å². The van der Waals surface area contributed by atoms with Crippen molar-refractivity contribution >= 4 is 6.09 Å². The topological polar surface area (TPSA) is 29.5 Å². The first-order valence-corrected chi connectivity index (χ1v) is 7.07. The average molecular weight is 257 g/mol. The van der Waals surface area contributed by atoms with Crippen LogP contribution >= 0.6 is 0 Å². The van der Waals surface area contributed by atoms with Crippen LogP contribution in [0.3, 0.4) is 0 Å². The number of carbonyl (C=O) groups is 1. The lowest BCUT2D eigenvalue weighted by Crippen LogP contribution is -2.36. The minimum absolute atomic E-state index is 0.147. The summed E-state index contributed by atoms with van der Waals surface area (Å²) in [7, 11) is 0. The van der Waals surface area contributed by atoms with Crippen molar-refractivity contribution in [2.45, 2.75) is 44.9 Å². The lowest BCUT2D eigenvalue weighted by Gasteiger charge is -2.29. The normalized spacial score (nSPS) is 33.9. The van der Waals surface area contributed by atoms with Gasteiger partial charge in [0, 0.05) is 0 Å². The van der Waals surface area contributed by atoms with Gasteiger partial charge in [-0.2, -0.15) is 0 Å². The summed E-state index contributed by atoms with van der Waals surface area (Å²) in [6, 6.07) is 9.02. The summed E-state index contributed by atoms with van der Waals surface area (Å²) < 4.78 is 5.59. The summed E-state index contributed by atoms with van der Waals surface area (Å²) in [4.78, 5) is 14.5. The third-order valence-electron chi connectivity index (χ3n) is 4.54. The van der Waals surface area contributed by atoms with Crippen molar-refractivity contribution < 1.29 is 9.53 Å². The molecule has 0 spiro atoms. The minimum atomic E-state index is -0.421. The maximum Gasteiger partial charge on any atom is 0.411 e. The first kappa shape index (κ1) is 11.3. The van der Waals surface area contributed by atoms with Gasteiger partial charge in [-0.3, -0.25) is 4.90 Å². The second kappa shape index (κ2) is 3.33. The number of fused-ring (bicyclic) bond motifs is 8. The molecule has 1 amide bonds. The van der Waals surface area contributed by atoms with E-state index in [4.69, 9.17) is 4.74 Å². The highest BCUT2D eigenvalue weighted by Crippen LogP contribution is 2.70. The molecule has 0 aromatic heterocycles. The number of hydrogen-bond donors (Lipinski definition) is 0. The van der Waals surface area contributed by atoms with Crippen LogP contribution in [0.5, 0.6) is 0 Å². The zero-order valence-corrected chi connectivity index (χ0v) is 11.6. The molecule has 2 bridgehead atoms. The van der Waals surface area contributed by atoms with Gasteiger partial charge in [0.2, 0.25) is 0 Å². The zero-order valence-electron chi connectivity index (χ0n) is 11.6. The molecule has 3 aliphatic rings. The van der Waals surface area contributed by atoms with Gasteiger partial charge in [0.25, 0.3) is 0 Å². The summed E-state index contributed by atoms with van der Waals surface area (Å²) in [6.07, 6.45) is 1.12. The number of benzene rings is 1. The summed E-state index contributed by atoms with van der Waals surface area (Å²) in [5.74, 6) is 1.35. The number of piperidine rings is 1. The third kappa shape index (κ3) is 1.47. The molecule has 2 heterocycles. The fraction of sp³-hybridized carbons (Fsp3) is 0.562. The number of rotatable bonds is 0. The smallest absolute Gasteiger partial charge is 0.411 e. The van der Waals surface area contributed by atoms with Gasteiger partial charge in [-0.1, -0.05) is 24.3 Å². The van der Waals surface area contributed by atoms with Crippen LogP contribution in [0.1, 0.15) is 50.4 Å². The van der Waals surface area contributed by atoms with Gasteiger partial charge in [-0.15, -0.1) is 0 Å². The molecule has 0 N–H and O–H groups in total. The Labute approximate surface area is 113 Å². The van der Waals surface area contributed by atoms with Crippen LogP contribution in [0, 0.1) is 11.8 Å². The molecule has 1 aliphatic carbocycles. The number of amides is 1. The molecular formula is C16H19NO2. The van der Waals surface area contributed by atoms with Gasteiger partial charge >= 0.3 is 6.09 Å². The molecule has 2 fully saturated rings. The molecule has 1 saturated heterocycles. The van der Waals surface area contributed by atoms with E-state index in [-0.39, 0.29) is 18.2 Å². The summed E-state index contributed by atoms with van der Waals surface area (Å²) in [5.41, 5.74) is 2.27. The van der Waals surface area contributed by atoms with Crippen LogP contribution < -0.4 is 0 Å². The molecule has 100 valence electrons. The van der Waals surface area contributed by atoms with Crippen LogP contribution in [-0.2, 0) is 4.74 Å². The van der Waals surface area contributed by atoms with Crippen molar-refractivity contribution in [1.29, 1.82) is 0 Å². The van der Waals surface area contributed by atoms with Gasteiger partial charge in [0.05, 0.1) is 12.1 Å². The Balaban J connectivity index is 1.69. The van der Waals surface area contributed by atoms with Crippen molar-refractivity contribution in [2.24, 2.45) is 11.8 Å². The van der Waals surface area contributed by atoms with Gasteiger partial charge in [0.15, 0.2) is 0 Å². The van der Waals surface area contributed by atoms with E-state index < -0.39 is 5.60 Å². The van der Waals surface area contributed by atoms with Crippen molar-refractivity contribution in [3.63, 3.8) is 0 Å². The van der Waals surface area contributed by atoms with E-state index in [9.17, 15) is 4.79 Å². The van der Waals surface area contributed by atoms with E-state index in [2.05, 4.69) is 24.3 Å². The Bertz CT molecular complexity index is 525. The second-order valence-corrected chi connectivity index (χ2v) is 6.97. The molecule has 3 heteroatoms. The maximum atomic E-state index is 12.5. The van der Waals surface area contributed by atoms with Crippen LogP contribution in [-0.4, -0.2) is 16.6 Å². The third-order valence-corrected chi connectivity index (χ3v) is 4.54. The molecule has 4 atom stereocenters. The Morgan fingerprint density at radius 1 is 1.16 bits per heavy atom. The first-order valence-electron chi connectivity index (χ1n) is 7.07. The summed E-state index contributed by atoms with van der Waals surface area (Å²) >= 11 is 0. The van der Waals surface area contributed by atoms with Crippen LogP contribution in [0.15, 0.2) is 24.3 Å². The van der Waals surface area contributed by atoms with Crippen molar-refractivity contribution in [1.82, 2.24) is 4.90 Å². The maximum absolute atomic E-state index is 12.5. The highest BCUT2D eigenvalue weighted by Gasteiger charge is 2.66. The molecule has 19 heavy (non-hydrogen) atoms. The highest BCUT2D eigenvalue weighted by atomic mass is 16.6. The molecular weight excluding hydrogens is 238 g/mol. The monoisotopic (exact) mass is 257 g/mol. The number of hydrogen-bond acceptors (Lipinski definition) is 2. The molecule has 1 saturated carbocycles. The van der Waals surface area contributed by atoms with Gasteiger partial charge < -0.3 is 4.74 Å². The first-order chi connectivity index (χ1) is 8.97. The fourth-order valence-electron chi connectivity index (χ4n) is 3.90. The molecule has 0 radical (unpaired) electrons. The molecule has 4 rings (SSSR count). The average Bonchev–Trinajstić information content (AvgIpc) is 2.95. The molecule has 1 aromatic carbocycles. The van der Waals surface area contributed by atoms with E-state index >= 15 is 0 Å². The fourth-order valence-corrected chi connectivity index (χ4v) is 3.90. The Kier molecular flexibility index (Phi) is 1.98. The van der Waals surface area contributed by atoms with Crippen LogP contribution in [0.4, 0.5) is 4.79 Å². The van der Waals surface area contributed by atoms with E-state index in [1.54, 1.807) is 0 Å². The van der Waals surface area contributed by atoms with Gasteiger partial charge in [0.1, 0.15) is 5.60 Å². The summed E-state index contributed by atoms with van der Waals surface area (Å²) in [6.45, 7) is 5.78. The lowest BCUT2D eigenvalue weighted by molar-refractivity contribution is 0.0134. The van der Waals surface area contributed by atoms with E-state index in [0.717, 1.165) is 0 Å². The predicted octanol–water partition coefficient (Wildman–Crippen LogP) is 3.67. The minimum Gasteiger partial charge on any atom is -0.444 e. The largest absolute Gasteiger partial charge is 0.444 e. The molecule has 3 nitrogen and oxygen atoms in total. The standard InChI is InChI=1S/C16H19NO2/c1-16(2,3)19-15(18)17-13-9-6-4-5-7-10(9)14(17)12-8-11(12)13/h4-7,11-14H,8H2,1-3H3/t11-,12+,13+,14-. The highest BCUT2D eigenvalue weighted by molar-refractivity contribution is 5.73. The van der Waals surface area contributed by atoms with E-state index in [1.807, 2.05) is 25.7 Å². The van der Waals surface area contributed by atoms with E-state index in [0.29, 0.717) is 11.8 Å². The number of nitrogens with zero attached hydrogens (tertiary/aromatic N) is 1. The lowest BCUT2D eigenvalue weighted by atomic mass is 9.92. The van der Waals surface area contributed by atoms with Crippen LogP contribution in [0.2, 0.25) is 0 Å². The van der Waals surface area contributed by atoms with Gasteiger partial charge in [-0.25, -0.2) is 4.79 Å². The number of carbonyl (C=O) groups excluding carboxylic acids is 1. The Hall–Kier alpha value is -1.51. The van der Waals surface area contributed by atoms with Crippen molar-refractivity contribution in [2.75, 3.05) is 0 Å². The van der Waals surface area contributed by atoms with Crippen molar-refractivity contribution in [3.8, 4) is 0 Å². The molecule has 1 aromatic rings. The predicted molar refractivity (Wildman–Crippen MR) is 71.6 cm³/mol. The number of ether oxygens (including phenoxy) is 1. The SMILES string of the molecule is CC(C)(C)OC(=O)N1[C@@H]2c3ccccc3[C@H]1[C@@H]1C[C@@H]12. The molecule has 2 aliphatic heterocycles. The van der Waals surface area contributed by atoms with E-state index in [1.165, 1.54) is 17.5 Å². The van der Waals surface area contributed by atoms with Gasteiger partial charge in [-0.05, 0) is 50.2 Å². The Morgan fingerprint density at radius 2 is 1.68 bits per heavy atom. The summed E-state index contributed by atoms with van der Waals surface area (Å²) in [5, 5.41) is 0. The van der Waals surface area contributed by atoms with Crippen LogP contribution in [0.25, 0.3) is 0 Å².